The van der Waals surface area contributed by atoms with E-state index in [0.717, 1.165) is 45.3 Å². The van der Waals surface area contributed by atoms with Crippen LogP contribution in [0.25, 0.3) is 0 Å². The first-order valence-corrected chi connectivity index (χ1v) is 10.8. The molecule has 3 heteroatoms. The summed E-state index contributed by atoms with van der Waals surface area (Å²) in [5.74, 6) is 0. The maximum Gasteiger partial charge on any atom is 0.157 e. The van der Waals surface area contributed by atoms with E-state index in [1.807, 2.05) is 0 Å². The molecule has 0 saturated heterocycles. The molecule has 0 aliphatic rings. The number of allylic oxidation sites excluding steroid dienone is 1. The van der Waals surface area contributed by atoms with Gasteiger partial charge in [-0.15, -0.1) is 0 Å². The van der Waals surface area contributed by atoms with E-state index in [4.69, 9.17) is 14.6 Å². The summed E-state index contributed by atoms with van der Waals surface area (Å²) in [5.41, 5.74) is 0. The third-order valence-corrected chi connectivity index (χ3v) is 4.38. The van der Waals surface area contributed by atoms with Gasteiger partial charge in [0.1, 0.15) is 0 Å². The normalized spacial score (nSPS) is 11.8. The first-order valence-electron chi connectivity index (χ1n) is 10.8. The van der Waals surface area contributed by atoms with Gasteiger partial charge in [-0.3, -0.25) is 0 Å². The van der Waals surface area contributed by atoms with Crippen LogP contribution in [0.5, 0.6) is 0 Å². The summed E-state index contributed by atoms with van der Waals surface area (Å²) in [4.78, 5) is 0. The molecular formula is C22H44O3. The molecule has 0 aliphatic carbocycles. The predicted molar refractivity (Wildman–Crippen MR) is 108 cm³/mol. The van der Waals surface area contributed by atoms with Crippen molar-refractivity contribution in [2.24, 2.45) is 0 Å². The quantitative estimate of drug-likeness (QED) is 0.156. The Kier molecular flexibility index (Phi) is 21.3. The van der Waals surface area contributed by atoms with Gasteiger partial charge < -0.3 is 14.6 Å². The molecule has 0 fully saturated rings. The van der Waals surface area contributed by atoms with Crippen LogP contribution in [0.3, 0.4) is 0 Å². The number of hydrogen-bond acceptors (Lipinski definition) is 3. The Morgan fingerprint density at radius 2 is 1.24 bits per heavy atom. The smallest absolute Gasteiger partial charge is 0.157 e. The predicted octanol–water partition coefficient (Wildman–Crippen LogP) is 6.40. The lowest BCUT2D eigenvalue weighted by molar-refractivity contribution is -0.148. The molecule has 0 bridgehead atoms. The molecule has 0 spiro atoms. The molecular weight excluding hydrogens is 312 g/mol. The molecule has 0 aromatic carbocycles. The van der Waals surface area contributed by atoms with E-state index in [1.54, 1.807) is 0 Å². The van der Waals surface area contributed by atoms with Crippen molar-refractivity contribution >= 4 is 0 Å². The fourth-order valence-corrected chi connectivity index (χ4v) is 2.76. The van der Waals surface area contributed by atoms with Crippen molar-refractivity contribution in [1.29, 1.82) is 0 Å². The van der Waals surface area contributed by atoms with Gasteiger partial charge in [0.25, 0.3) is 0 Å². The first-order chi connectivity index (χ1) is 12.3. The van der Waals surface area contributed by atoms with Gasteiger partial charge in [-0.25, -0.2) is 0 Å². The molecule has 0 heterocycles. The summed E-state index contributed by atoms with van der Waals surface area (Å²) >= 11 is 0. The second-order valence-corrected chi connectivity index (χ2v) is 6.91. The van der Waals surface area contributed by atoms with E-state index in [9.17, 15) is 0 Å². The van der Waals surface area contributed by atoms with Crippen LogP contribution in [0.15, 0.2) is 12.2 Å². The Balaban J connectivity index is 3.78. The number of aliphatic hydroxyl groups is 1. The lowest BCUT2D eigenvalue weighted by atomic mass is 10.1. The molecule has 0 aliphatic heterocycles. The van der Waals surface area contributed by atoms with Crippen molar-refractivity contribution in [1.82, 2.24) is 0 Å². The molecule has 3 nitrogen and oxygen atoms in total. The van der Waals surface area contributed by atoms with Crippen molar-refractivity contribution < 1.29 is 14.6 Å². The van der Waals surface area contributed by atoms with Crippen LogP contribution < -0.4 is 0 Å². The molecule has 1 N–H and O–H groups in total. The number of unbranched alkanes of at least 4 members (excludes halogenated alkanes) is 9. The summed E-state index contributed by atoms with van der Waals surface area (Å²) in [6.07, 6.45) is 20.7. The SMILES string of the molecule is CCCCCCOC(CCCCC/C=C/CCO)OCCCCCC. The molecule has 0 amide bonds. The van der Waals surface area contributed by atoms with Crippen molar-refractivity contribution in [3.63, 3.8) is 0 Å². The minimum Gasteiger partial charge on any atom is -0.396 e. The van der Waals surface area contributed by atoms with E-state index >= 15 is 0 Å². The zero-order chi connectivity index (χ0) is 18.4. The lowest BCUT2D eigenvalue weighted by Crippen LogP contribution is -2.19. The van der Waals surface area contributed by atoms with Gasteiger partial charge in [0.05, 0.1) is 0 Å². The Labute approximate surface area is 157 Å². The number of aliphatic hydroxyl groups excluding tert-OH is 1. The highest BCUT2D eigenvalue weighted by Gasteiger charge is 2.09. The largest absolute Gasteiger partial charge is 0.396 e. The standard InChI is InChI=1S/C22H44O3/c1-3-5-7-16-20-24-22(25-21-17-8-6-4-2)18-14-12-10-9-11-13-15-19-23/h11,13,22-23H,3-10,12,14-21H2,1-2H3/b13-11+. The highest BCUT2D eigenvalue weighted by molar-refractivity contribution is 4.80. The van der Waals surface area contributed by atoms with E-state index < -0.39 is 0 Å². The van der Waals surface area contributed by atoms with E-state index in [-0.39, 0.29) is 12.9 Å². The lowest BCUT2D eigenvalue weighted by Gasteiger charge is -2.19. The molecule has 25 heavy (non-hydrogen) atoms. The number of rotatable bonds is 20. The zero-order valence-electron chi connectivity index (χ0n) is 17.0. The highest BCUT2D eigenvalue weighted by atomic mass is 16.7. The van der Waals surface area contributed by atoms with E-state index in [2.05, 4.69) is 26.0 Å². The summed E-state index contributed by atoms with van der Waals surface area (Å²) in [5, 5.41) is 8.73. The van der Waals surface area contributed by atoms with Gasteiger partial charge in [-0.2, -0.15) is 0 Å². The maximum atomic E-state index is 8.73. The van der Waals surface area contributed by atoms with Crippen molar-refractivity contribution in [3.05, 3.63) is 12.2 Å². The molecule has 0 radical (unpaired) electrons. The van der Waals surface area contributed by atoms with Crippen LogP contribution in [0.4, 0.5) is 0 Å². The number of ether oxygens (including phenoxy) is 2. The second-order valence-electron chi connectivity index (χ2n) is 6.91. The Hall–Kier alpha value is -0.380. The topological polar surface area (TPSA) is 38.7 Å². The van der Waals surface area contributed by atoms with Gasteiger partial charge in [-0.1, -0.05) is 70.9 Å². The summed E-state index contributed by atoms with van der Waals surface area (Å²) in [6, 6.07) is 0. The Bertz CT molecular complexity index is 252. The highest BCUT2D eigenvalue weighted by Crippen LogP contribution is 2.12. The molecule has 0 aromatic rings. The van der Waals surface area contributed by atoms with Crippen LogP contribution in [-0.4, -0.2) is 31.2 Å². The fraction of sp³-hybridized carbons (Fsp3) is 0.909. The molecule has 0 unspecified atom stereocenters. The Morgan fingerprint density at radius 3 is 1.80 bits per heavy atom. The monoisotopic (exact) mass is 356 g/mol. The van der Waals surface area contributed by atoms with Gasteiger partial charge in [0.15, 0.2) is 6.29 Å². The minimum absolute atomic E-state index is 0.00631. The third-order valence-electron chi connectivity index (χ3n) is 4.38. The average Bonchev–Trinajstić information content (AvgIpc) is 2.62. The first kappa shape index (κ1) is 24.6. The summed E-state index contributed by atoms with van der Waals surface area (Å²) < 4.78 is 12.0. The van der Waals surface area contributed by atoms with Gasteiger partial charge in [-0.05, 0) is 44.9 Å². The van der Waals surface area contributed by atoms with Gasteiger partial charge in [0, 0.05) is 19.8 Å². The summed E-state index contributed by atoms with van der Waals surface area (Å²) in [6.45, 7) is 6.40. The van der Waals surface area contributed by atoms with Crippen molar-refractivity contribution in [3.8, 4) is 0 Å². The Morgan fingerprint density at radius 1 is 0.680 bits per heavy atom. The molecule has 150 valence electrons. The molecule has 0 saturated carbocycles. The maximum absolute atomic E-state index is 8.73. The average molecular weight is 357 g/mol. The fourth-order valence-electron chi connectivity index (χ4n) is 2.76. The number of hydrogen-bond donors (Lipinski definition) is 1. The molecule has 0 aromatic heterocycles. The minimum atomic E-state index is -0.00631. The van der Waals surface area contributed by atoms with Crippen LogP contribution in [0.2, 0.25) is 0 Å². The van der Waals surface area contributed by atoms with Crippen LogP contribution in [0, 0.1) is 0 Å². The van der Waals surface area contributed by atoms with Gasteiger partial charge in [0.2, 0.25) is 0 Å². The van der Waals surface area contributed by atoms with Crippen molar-refractivity contribution in [2.75, 3.05) is 19.8 Å². The van der Waals surface area contributed by atoms with E-state index in [1.165, 1.54) is 57.8 Å². The molecule has 0 atom stereocenters. The van der Waals surface area contributed by atoms with E-state index in [0.29, 0.717) is 0 Å². The summed E-state index contributed by atoms with van der Waals surface area (Å²) in [7, 11) is 0. The van der Waals surface area contributed by atoms with Crippen LogP contribution >= 0.6 is 0 Å². The molecule has 0 rings (SSSR count). The van der Waals surface area contributed by atoms with Crippen LogP contribution in [-0.2, 0) is 9.47 Å². The second kappa shape index (κ2) is 21.7. The van der Waals surface area contributed by atoms with Gasteiger partial charge >= 0.3 is 0 Å². The third kappa shape index (κ3) is 19.8. The van der Waals surface area contributed by atoms with Crippen molar-refractivity contribution in [2.45, 2.75) is 110 Å². The zero-order valence-corrected chi connectivity index (χ0v) is 17.0. The van der Waals surface area contributed by atoms with Crippen LogP contribution in [0.1, 0.15) is 104 Å².